The van der Waals surface area contributed by atoms with Gasteiger partial charge in [-0.25, -0.2) is 0 Å². The summed E-state index contributed by atoms with van der Waals surface area (Å²) < 4.78 is 5.04. The van der Waals surface area contributed by atoms with Crippen molar-refractivity contribution in [1.82, 2.24) is 10.1 Å². The molecule has 2 N–H and O–H groups in total. The zero-order valence-electron chi connectivity index (χ0n) is 8.45. The van der Waals surface area contributed by atoms with E-state index in [1.165, 1.54) is 0 Å². The van der Waals surface area contributed by atoms with Crippen LogP contribution in [-0.2, 0) is 12.8 Å². The van der Waals surface area contributed by atoms with Crippen LogP contribution in [0.3, 0.4) is 0 Å². The van der Waals surface area contributed by atoms with Gasteiger partial charge in [0.2, 0.25) is 5.89 Å². The van der Waals surface area contributed by atoms with Crippen molar-refractivity contribution >= 4 is 0 Å². The van der Waals surface area contributed by atoms with Gasteiger partial charge in [0.15, 0.2) is 5.82 Å². The molecule has 0 saturated heterocycles. The molecule has 74 valence electrons. The molecule has 0 spiro atoms. The Kier molecular flexibility index (Phi) is 3.42. The van der Waals surface area contributed by atoms with Crippen molar-refractivity contribution in [3.05, 3.63) is 11.7 Å². The van der Waals surface area contributed by atoms with E-state index in [-0.39, 0.29) is 6.04 Å². The lowest BCUT2D eigenvalue weighted by Gasteiger charge is -2.11. The maximum atomic E-state index is 5.87. The minimum absolute atomic E-state index is 0.102. The normalized spacial score (nSPS) is 13.6. The lowest BCUT2D eigenvalue weighted by Crippen LogP contribution is -2.28. The Morgan fingerprint density at radius 3 is 2.62 bits per heavy atom. The minimum atomic E-state index is 0.102. The number of rotatable bonds is 4. The largest absolute Gasteiger partial charge is 0.339 e. The van der Waals surface area contributed by atoms with Crippen molar-refractivity contribution in [2.45, 2.75) is 39.7 Å². The van der Waals surface area contributed by atoms with Crippen LogP contribution >= 0.6 is 0 Å². The van der Waals surface area contributed by atoms with Crippen molar-refractivity contribution in [1.29, 1.82) is 0 Å². The van der Waals surface area contributed by atoms with Crippen molar-refractivity contribution < 1.29 is 4.52 Å². The van der Waals surface area contributed by atoms with E-state index in [0.717, 1.165) is 12.2 Å². The second-order valence-electron chi connectivity index (χ2n) is 3.57. The van der Waals surface area contributed by atoms with Crippen LogP contribution in [0.15, 0.2) is 4.52 Å². The van der Waals surface area contributed by atoms with Crippen LogP contribution in [0.4, 0.5) is 0 Å². The minimum Gasteiger partial charge on any atom is -0.339 e. The van der Waals surface area contributed by atoms with Gasteiger partial charge >= 0.3 is 0 Å². The van der Waals surface area contributed by atoms with Crippen molar-refractivity contribution in [3.8, 4) is 0 Å². The monoisotopic (exact) mass is 183 g/mol. The molecular weight excluding hydrogens is 166 g/mol. The van der Waals surface area contributed by atoms with Crippen LogP contribution in [0.25, 0.3) is 0 Å². The van der Waals surface area contributed by atoms with Crippen molar-refractivity contribution in [2.75, 3.05) is 0 Å². The van der Waals surface area contributed by atoms with E-state index in [2.05, 4.69) is 24.0 Å². The highest BCUT2D eigenvalue weighted by Gasteiger charge is 2.13. The summed E-state index contributed by atoms with van der Waals surface area (Å²) in [6.07, 6.45) is 1.48. The summed E-state index contributed by atoms with van der Waals surface area (Å²) in [5, 5.41) is 3.81. The van der Waals surface area contributed by atoms with E-state index in [1.54, 1.807) is 0 Å². The first-order chi connectivity index (χ1) is 6.13. The van der Waals surface area contributed by atoms with Crippen LogP contribution in [0.1, 0.15) is 32.5 Å². The van der Waals surface area contributed by atoms with Crippen molar-refractivity contribution in [3.63, 3.8) is 0 Å². The highest BCUT2D eigenvalue weighted by Crippen LogP contribution is 2.06. The lowest BCUT2D eigenvalue weighted by atomic mass is 10.0. The first-order valence-corrected chi connectivity index (χ1v) is 4.70. The summed E-state index contributed by atoms with van der Waals surface area (Å²) in [7, 11) is 0. The number of aromatic nitrogens is 2. The first-order valence-electron chi connectivity index (χ1n) is 4.70. The average Bonchev–Trinajstić information content (AvgIpc) is 2.52. The smallest absolute Gasteiger partial charge is 0.228 e. The summed E-state index contributed by atoms with van der Waals surface area (Å²) in [4.78, 5) is 4.19. The molecule has 0 aliphatic heterocycles. The van der Waals surface area contributed by atoms with Crippen LogP contribution in [-0.4, -0.2) is 16.2 Å². The Labute approximate surface area is 78.5 Å². The van der Waals surface area contributed by atoms with Crippen LogP contribution in [0.2, 0.25) is 0 Å². The fraction of sp³-hybridized carbons (Fsp3) is 0.778. The molecule has 0 fully saturated rings. The number of hydrogen-bond acceptors (Lipinski definition) is 4. The third-order valence-corrected chi connectivity index (χ3v) is 2.09. The van der Waals surface area contributed by atoms with Crippen molar-refractivity contribution in [2.24, 2.45) is 11.7 Å². The molecule has 4 heteroatoms. The summed E-state index contributed by atoms with van der Waals surface area (Å²) >= 11 is 0. The Morgan fingerprint density at radius 1 is 1.46 bits per heavy atom. The molecule has 0 aromatic carbocycles. The van der Waals surface area contributed by atoms with Crippen LogP contribution < -0.4 is 5.73 Å². The maximum Gasteiger partial charge on any atom is 0.228 e. The predicted octanol–water partition coefficient (Wildman–Crippen LogP) is 1.16. The quantitative estimate of drug-likeness (QED) is 0.760. The zero-order chi connectivity index (χ0) is 9.84. The predicted molar refractivity (Wildman–Crippen MR) is 50.2 cm³/mol. The number of aryl methyl sites for hydroxylation is 1. The Bertz CT molecular complexity index is 257. The molecule has 1 unspecified atom stereocenters. The van der Waals surface area contributed by atoms with Gasteiger partial charge in [-0.1, -0.05) is 25.9 Å². The molecule has 13 heavy (non-hydrogen) atoms. The third kappa shape index (κ3) is 2.81. The second-order valence-corrected chi connectivity index (χ2v) is 3.57. The number of hydrogen-bond donors (Lipinski definition) is 1. The summed E-state index contributed by atoms with van der Waals surface area (Å²) in [5.74, 6) is 1.85. The standard InChI is InChI=1S/C9H17N3O/c1-4-8-11-9(13-12-8)5-7(10)6(2)3/h6-7H,4-5,10H2,1-3H3. The van der Waals surface area contributed by atoms with E-state index in [0.29, 0.717) is 18.2 Å². The Balaban J connectivity index is 2.53. The molecule has 0 radical (unpaired) electrons. The lowest BCUT2D eigenvalue weighted by molar-refractivity contribution is 0.350. The fourth-order valence-corrected chi connectivity index (χ4v) is 0.954. The third-order valence-electron chi connectivity index (χ3n) is 2.09. The van der Waals surface area contributed by atoms with E-state index in [9.17, 15) is 0 Å². The van der Waals surface area contributed by atoms with Gasteiger partial charge < -0.3 is 10.3 Å². The topological polar surface area (TPSA) is 64.9 Å². The number of nitrogens with zero attached hydrogens (tertiary/aromatic N) is 2. The van der Waals surface area contributed by atoms with Gasteiger partial charge in [-0.3, -0.25) is 0 Å². The van der Waals surface area contributed by atoms with E-state index in [1.807, 2.05) is 6.92 Å². The van der Waals surface area contributed by atoms with Gasteiger partial charge in [0.05, 0.1) is 0 Å². The van der Waals surface area contributed by atoms with E-state index < -0.39 is 0 Å². The molecule has 0 bridgehead atoms. The van der Waals surface area contributed by atoms with E-state index in [4.69, 9.17) is 10.3 Å². The zero-order valence-corrected chi connectivity index (χ0v) is 8.45. The SMILES string of the molecule is CCc1noc(CC(N)C(C)C)n1. The molecule has 0 aliphatic rings. The highest BCUT2D eigenvalue weighted by molar-refractivity contribution is 4.88. The molecule has 1 atom stereocenters. The van der Waals surface area contributed by atoms with Gasteiger partial charge in [0.25, 0.3) is 0 Å². The fourth-order valence-electron chi connectivity index (χ4n) is 0.954. The Morgan fingerprint density at radius 2 is 2.15 bits per heavy atom. The van der Waals surface area contributed by atoms with E-state index >= 15 is 0 Å². The number of nitrogens with two attached hydrogens (primary N) is 1. The van der Waals surface area contributed by atoms with Gasteiger partial charge in [0, 0.05) is 18.9 Å². The molecule has 0 amide bonds. The Hall–Kier alpha value is -0.900. The summed E-state index contributed by atoms with van der Waals surface area (Å²) in [5.41, 5.74) is 5.87. The van der Waals surface area contributed by atoms with Gasteiger partial charge in [-0.05, 0) is 5.92 Å². The molecule has 1 aromatic rings. The summed E-state index contributed by atoms with van der Waals surface area (Å²) in [6, 6.07) is 0.102. The van der Waals surface area contributed by atoms with Gasteiger partial charge in [0.1, 0.15) is 0 Å². The second kappa shape index (κ2) is 4.37. The molecule has 0 saturated carbocycles. The van der Waals surface area contributed by atoms with Gasteiger partial charge in [-0.15, -0.1) is 0 Å². The molecule has 1 heterocycles. The molecule has 1 aromatic heterocycles. The average molecular weight is 183 g/mol. The molecular formula is C9H17N3O. The van der Waals surface area contributed by atoms with Gasteiger partial charge in [-0.2, -0.15) is 4.98 Å². The molecule has 0 aliphatic carbocycles. The summed E-state index contributed by atoms with van der Waals surface area (Å²) in [6.45, 7) is 6.17. The van der Waals surface area contributed by atoms with Crippen LogP contribution in [0, 0.1) is 5.92 Å². The highest BCUT2D eigenvalue weighted by atomic mass is 16.5. The van der Waals surface area contributed by atoms with Crippen LogP contribution in [0.5, 0.6) is 0 Å². The molecule has 4 nitrogen and oxygen atoms in total. The molecule has 1 rings (SSSR count). The maximum absolute atomic E-state index is 5.87. The first kappa shape index (κ1) is 10.2.